The summed E-state index contributed by atoms with van der Waals surface area (Å²) in [5.41, 5.74) is 2.61. The maximum Gasteiger partial charge on any atom is 0.0572 e. The largest absolute Gasteiger partial charge is 0.119 e. The van der Waals surface area contributed by atoms with Gasteiger partial charge in [0.05, 0.1) is 5.41 Å². The van der Waals surface area contributed by atoms with Crippen LogP contribution >= 0.6 is 15.9 Å². The van der Waals surface area contributed by atoms with Gasteiger partial charge in [-0.1, -0.05) is 39.5 Å². The highest BCUT2D eigenvalue weighted by Gasteiger charge is 2.43. The summed E-state index contributed by atoms with van der Waals surface area (Å²) in [6.07, 6.45) is 7.81. The molecule has 0 N–H and O–H groups in total. The van der Waals surface area contributed by atoms with Crippen LogP contribution in [0.25, 0.3) is 0 Å². The van der Waals surface area contributed by atoms with Crippen molar-refractivity contribution in [3.63, 3.8) is 0 Å². The summed E-state index contributed by atoms with van der Waals surface area (Å²) in [6.45, 7) is 2.10. The number of benzene rings is 1. The van der Waals surface area contributed by atoms with Crippen molar-refractivity contribution in [1.82, 2.24) is 0 Å². The van der Waals surface area contributed by atoms with E-state index in [9.17, 15) is 0 Å². The summed E-state index contributed by atoms with van der Waals surface area (Å²) >= 11 is 3.55. The van der Waals surface area contributed by atoms with Gasteiger partial charge < -0.3 is 0 Å². The van der Waals surface area contributed by atoms with Crippen LogP contribution in [0.15, 0.2) is 22.7 Å². The van der Waals surface area contributed by atoms with Crippen LogP contribution in [-0.2, 0) is 5.41 Å². The van der Waals surface area contributed by atoms with Gasteiger partial charge in [-0.05, 0) is 31.4 Å². The first-order chi connectivity index (χ1) is 6.18. The van der Waals surface area contributed by atoms with E-state index in [1.165, 1.54) is 11.1 Å². The molecule has 1 heteroatoms. The van der Waals surface area contributed by atoms with Gasteiger partial charge in [0, 0.05) is 4.47 Å². The van der Waals surface area contributed by atoms with Crippen LogP contribution in [-0.4, -0.2) is 0 Å². The van der Waals surface area contributed by atoms with Gasteiger partial charge in [0.15, 0.2) is 0 Å². The van der Waals surface area contributed by atoms with Crippen molar-refractivity contribution in [2.24, 2.45) is 0 Å². The van der Waals surface area contributed by atoms with E-state index in [1.54, 1.807) is 0 Å². The van der Waals surface area contributed by atoms with Gasteiger partial charge in [-0.3, -0.25) is 0 Å². The Balaban J connectivity index is 2.52. The second-order valence-electron chi connectivity index (χ2n) is 3.71. The second-order valence-corrected chi connectivity index (χ2v) is 4.56. The fraction of sp³-hybridized carbons (Fsp3) is 0.333. The molecule has 0 heterocycles. The van der Waals surface area contributed by atoms with Gasteiger partial charge in [0.2, 0.25) is 0 Å². The predicted molar refractivity (Wildman–Crippen MR) is 58.6 cm³/mol. The second kappa shape index (κ2) is 2.89. The predicted octanol–water partition coefficient (Wildman–Crippen LogP) is 3.42. The first kappa shape index (κ1) is 8.84. The molecule has 1 aromatic rings. The Labute approximate surface area is 87.5 Å². The summed E-state index contributed by atoms with van der Waals surface area (Å²) in [6, 6.07) is 6.37. The summed E-state index contributed by atoms with van der Waals surface area (Å²) < 4.78 is 1.15. The standard InChI is InChI=1S/C12H11Br/c1-3-12(6-7-12)10-8-9(2)4-5-11(10)13/h1,4-5,8H,6-7H2,2H3. The van der Waals surface area contributed by atoms with E-state index in [-0.39, 0.29) is 5.41 Å². The molecule has 0 amide bonds. The average molecular weight is 235 g/mol. The summed E-state index contributed by atoms with van der Waals surface area (Å²) in [5, 5.41) is 0. The molecule has 0 unspecified atom stereocenters. The summed E-state index contributed by atoms with van der Waals surface area (Å²) in [5.74, 6) is 2.91. The van der Waals surface area contributed by atoms with Crippen molar-refractivity contribution in [1.29, 1.82) is 0 Å². The quantitative estimate of drug-likeness (QED) is 0.654. The van der Waals surface area contributed by atoms with E-state index in [1.807, 2.05) is 0 Å². The average Bonchev–Trinajstić information content (AvgIpc) is 2.90. The summed E-state index contributed by atoms with van der Waals surface area (Å²) in [4.78, 5) is 0. The Hall–Kier alpha value is -0.740. The lowest BCUT2D eigenvalue weighted by atomic mass is 9.96. The molecule has 1 fully saturated rings. The Morgan fingerprint density at radius 1 is 1.46 bits per heavy atom. The molecule has 0 aromatic heterocycles. The highest BCUT2D eigenvalue weighted by molar-refractivity contribution is 9.10. The lowest BCUT2D eigenvalue weighted by Crippen LogP contribution is -2.03. The number of rotatable bonds is 1. The normalized spacial score (nSPS) is 17.9. The van der Waals surface area contributed by atoms with Gasteiger partial charge in [-0.25, -0.2) is 0 Å². The lowest BCUT2D eigenvalue weighted by Gasteiger charge is -2.11. The summed E-state index contributed by atoms with van der Waals surface area (Å²) in [7, 11) is 0. The highest BCUT2D eigenvalue weighted by atomic mass is 79.9. The van der Waals surface area contributed by atoms with Crippen LogP contribution in [0.4, 0.5) is 0 Å². The van der Waals surface area contributed by atoms with Crippen LogP contribution in [0.1, 0.15) is 24.0 Å². The molecule has 0 atom stereocenters. The molecule has 1 aliphatic carbocycles. The third-order valence-electron chi connectivity index (χ3n) is 2.66. The molecule has 66 valence electrons. The highest BCUT2D eigenvalue weighted by Crippen LogP contribution is 2.49. The molecule has 1 aromatic carbocycles. The van der Waals surface area contributed by atoms with Crippen molar-refractivity contribution in [2.75, 3.05) is 0 Å². The molecule has 1 aliphatic rings. The van der Waals surface area contributed by atoms with Crippen molar-refractivity contribution >= 4 is 15.9 Å². The Morgan fingerprint density at radius 3 is 2.69 bits per heavy atom. The van der Waals surface area contributed by atoms with Crippen LogP contribution < -0.4 is 0 Å². The third-order valence-corrected chi connectivity index (χ3v) is 3.36. The fourth-order valence-corrected chi connectivity index (χ4v) is 2.25. The lowest BCUT2D eigenvalue weighted by molar-refractivity contribution is 0.920. The minimum Gasteiger partial charge on any atom is -0.119 e. The fourth-order valence-electron chi connectivity index (χ4n) is 1.62. The number of hydrogen-bond acceptors (Lipinski definition) is 0. The van der Waals surface area contributed by atoms with Crippen molar-refractivity contribution in [3.8, 4) is 12.3 Å². The number of aryl methyl sites for hydroxylation is 1. The zero-order valence-corrected chi connectivity index (χ0v) is 9.19. The maximum absolute atomic E-state index is 5.55. The molecule has 1 saturated carbocycles. The molecule has 0 nitrogen and oxygen atoms in total. The number of terminal acetylenes is 1. The van der Waals surface area contributed by atoms with E-state index in [0.29, 0.717) is 0 Å². The number of halogens is 1. The van der Waals surface area contributed by atoms with Gasteiger partial charge in [0.25, 0.3) is 0 Å². The van der Waals surface area contributed by atoms with Crippen molar-refractivity contribution in [3.05, 3.63) is 33.8 Å². The molecular formula is C12H11Br. The first-order valence-electron chi connectivity index (χ1n) is 4.42. The molecule has 0 spiro atoms. The smallest absolute Gasteiger partial charge is 0.0572 e. The molecule has 13 heavy (non-hydrogen) atoms. The van der Waals surface area contributed by atoms with Crippen molar-refractivity contribution < 1.29 is 0 Å². The maximum atomic E-state index is 5.55. The zero-order chi connectivity index (χ0) is 9.47. The zero-order valence-electron chi connectivity index (χ0n) is 7.60. The van der Waals surface area contributed by atoms with Gasteiger partial charge in [0.1, 0.15) is 0 Å². The minimum atomic E-state index is 0.0465. The minimum absolute atomic E-state index is 0.0465. The van der Waals surface area contributed by atoms with E-state index in [0.717, 1.165) is 17.3 Å². The molecule has 0 saturated heterocycles. The topological polar surface area (TPSA) is 0 Å². The molecular weight excluding hydrogens is 224 g/mol. The SMILES string of the molecule is C#CC1(c2cc(C)ccc2Br)CC1. The molecule has 0 bridgehead atoms. The Bertz CT molecular complexity index is 381. The van der Waals surface area contributed by atoms with E-state index < -0.39 is 0 Å². The monoisotopic (exact) mass is 234 g/mol. The van der Waals surface area contributed by atoms with E-state index in [2.05, 4.69) is 47.0 Å². The van der Waals surface area contributed by atoms with Crippen LogP contribution in [0, 0.1) is 19.3 Å². The van der Waals surface area contributed by atoms with Crippen LogP contribution in [0.5, 0.6) is 0 Å². The van der Waals surface area contributed by atoms with Crippen LogP contribution in [0.2, 0.25) is 0 Å². The third kappa shape index (κ3) is 1.40. The van der Waals surface area contributed by atoms with Gasteiger partial charge in [-0.15, -0.1) is 6.42 Å². The number of hydrogen-bond donors (Lipinski definition) is 0. The Kier molecular flexibility index (Phi) is 1.96. The molecule has 0 aliphatic heterocycles. The Morgan fingerprint density at radius 2 is 2.15 bits per heavy atom. The van der Waals surface area contributed by atoms with Crippen LogP contribution in [0.3, 0.4) is 0 Å². The molecule has 2 rings (SSSR count). The van der Waals surface area contributed by atoms with Crippen molar-refractivity contribution in [2.45, 2.75) is 25.2 Å². The van der Waals surface area contributed by atoms with Gasteiger partial charge in [-0.2, -0.15) is 0 Å². The first-order valence-corrected chi connectivity index (χ1v) is 5.22. The van der Waals surface area contributed by atoms with Gasteiger partial charge >= 0.3 is 0 Å². The molecule has 0 radical (unpaired) electrons. The van der Waals surface area contributed by atoms with E-state index in [4.69, 9.17) is 6.42 Å². The van der Waals surface area contributed by atoms with E-state index >= 15 is 0 Å².